The van der Waals surface area contributed by atoms with Crippen molar-refractivity contribution >= 4 is 5.76 Å². The third-order valence-electron chi connectivity index (χ3n) is 1.90. The average Bonchev–Trinajstić information content (AvgIpc) is 2.48. The van der Waals surface area contributed by atoms with Crippen LogP contribution < -0.4 is 4.74 Å². The number of aliphatic hydroxyl groups excluding tert-OH is 1. The number of aromatic nitrogens is 1. The first-order chi connectivity index (χ1) is 6.18. The number of hydrogen-bond donors (Lipinski definition) is 1. The maximum Gasteiger partial charge on any atom is 0.217 e. The van der Waals surface area contributed by atoms with E-state index in [4.69, 9.17) is 9.84 Å². The zero-order valence-electron chi connectivity index (χ0n) is 6.88. The molecule has 1 N–H and O–H groups in total. The molecule has 0 aliphatic carbocycles. The van der Waals surface area contributed by atoms with Crippen molar-refractivity contribution in [3.8, 4) is 5.88 Å². The Balaban J connectivity index is 2.55. The fourth-order valence-corrected chi connectivity index (χ4v) is 1.27. The van der Waals surface area contributed by atoms with Crippen LogP contribution in [-0.2, 0) is 6.42 Å². The molecule has 0 atom stereocenters. The van der Waals surface area contributed by atoms with Crippen molar-refractivity contribution in [1.82, 2.24) is 4.98 Å². The van der Waals surface area contributed by atoms with Crippen LogP contribution in [0, 0.1) is 5.82 Å². The van der Waals surface area contributed by atoms with E-state index in [1.807, 2.05) is 0 Å². The first-order valence-corrected chi connectivity index (χ1v) is 3.89. The zero-order valence-corrected chi connectivity index (χ0v) is 6.88. The van der Waals surface area contributed by atoms with Gasteiger partial charge in [-0.2, -0.15) is 0 Å². The Morgan fingerprint density at radius 1 is 1.69 bits per heavy atom. The van der Waals surface area contributed by atoms with Gasteiger partial charge in [-0.3, -0.25) is 0 Å². The minimum atomic E-state index is -0.559. The lowest BCUT2D eigenvalue weighted by Gasteiger charge is -2.02. The van der Waals surface area contributed by atoms with Gasteiger partial charge in [0.15, 0.2) is 5.82 Å². The fourth-order valence-electron chi connectivity index (χ4n) is 1.27. The standard InChI is InChI=1S/C9H8FNO2/c1-5(12)8-7(10)4-6-2-3-13-9(6)11-8/h4,12H,1-3H2. The predicted octanol–water partition coefficient (Wildman–Crippen LogP) is 1.68. The first kappa shape index (κ1) is 8.04. The van der Waals surface area contributed by atoms with Gasteiger partial charge in [-0.25, -0.2) is 9.37 Å². The van der Waals surface area contributed by atoms with E-state index < -0.39 is 5.82 Å². The van der Waals surface area contributed by atoms with Gasteiger partial charge >= 0.3 is 0 Å². The van der Waals surface area contributed by atoms with Gasteiger partial charge in [0, 0.05) is 12.0 Å². The van der Waals surface area contributed by atoms with Crippen molar-refractivity contribution in [2.24, 2.45) is 0 Å². The summed E-state index contributed by atoms with van der Waals surface area (Å²) < 4.78 is 18.3. The van der Waals surface area contributed by atoms with E-state index in [-0.39, 0.29) is 11.5 Å². The van der Waals surface area contributed by atoms with Crippen LogP contribution in [0.3, 0.4) is 0 Å². The lowest BCUT2D eigenvalue weighted by molar-refractivity contribution is 0.343. The first-order valence-electron chi connectivity index (χ1n) is 3.89. The SMILES string of the molecule is C=C(O)c1nc2c(cc1F)CCO2. The van der Waals surface area contributed by atoms with Crippen LogP contribution in [0.2, 0.25) is 0 Å². The van der Waals surface area contributed by atoms with E-state index in [1.54, 1.807) is 0 Å². The van der Waals surface area contributed by atoms with E-state index in [9.17, 15) is 4.39 Å². The van der Waals surface area contributed by atoms with Gasteiger partial charge < -0.3 is 9.84 Å². The number of nitrogens with zero attached hydrogens (tertiary/aromatic N) is 1. The number of fused-ring (bicyclic) bond motifs is 1. The third kappa shape index (κ3) is 1.24. The Kier molecular flexibility index (Phi) is 1.69. The lowest BCUT2D eigenvalue weighted by Crippen LogP contribution is -1.96. The largest absolute Gasteiger partial charge is 0.506 e. The van der Waals surface area contributed by atoms with E-state index in [0.29, 0.717) is 18.9 Å². The molecule has 0 unspecified atom stereocenters. The topological polar surface area (TPSA) is 42.4 Å². The maximum atomic E-state index is 13.2. The summed E-state index contributed by atoms with van der Waals surface area (Å²) in [5, 5.41) is 8.98. The van der Waals surface area contributed by atoms with E-state index in [2.05, 4.69) is 11.6 Å². The third-order valence-corrected chi connectivity index (χ3v) is 1.90. The smallest absolute Gasteiger partial charge is 0.217 e. The molecular formula is C9H8FNO2. The van der Waals surface area contributed by atoms with Crippen LogP contribution in [0.25, 0.3) is 5.76 Å². The van der Waals surface area contributed by atoms with Gasteiger partial charge in [-0.15, -0.1) is 0 Å². The van der Waals surface area contributed by atoms with E-state index in [0.717, 1.165) is 5.56 Å². The van der Waals surface area contributed by atoms with E-state index in [1.165, 1.54) is 6.07 Å². The summed E-state index contributed by atoms with van der Waals surface area (Å²) in [6.45, 7) is 3.73. The van der Waals surface area contributed by atoms with E-state index >= 15 is 0 Å². The van der Waals surface area contributed by atoms with Crippen molar-refractivity contribution in [3.63, 3.8) is 0 Å². The number of ether oxygens (including phenoxy) is 1. The molecule has 1 aliphatic heterocycles. The number of rotatable bonds is 1. The molecule has 13 heavy (non-hydrogen) atoms. The predicted molar refractivity (Wildman–Crippen MR) is 45.1 cm³/mol. The van der Waals surface area contributed by atoms with Crippen LogP contribution in [0.15, 0.2) is 12.6 Å². The lowest BCUT2D eigenvalue weighted by atomic mass is 10.2. The van der Waals surface area contributed by atoms with Crippen molar-refractivity contribution in [1.29, 1.82) is 0 Å². The molecule has 0 fully saturated rings. The Morgan fingerprint density at radius 3 is 3.15 bits per heavy atom. The molecule has 3 nitrogen and oxygen atoms in total. The summed E-state index contributed by atoms with van der Waals surface area (Å²) in [6, 6.07) is 1.33. The molecule has 0 saturated carbocycles. The van der Waals surface area contributed by atoms with Crippen LogP contribution in [-0.4, -0.2) is 16.7 Å². The minimum Gasteiger partial charge on any atom is -0.506 e. The molecule has 1 aliphatic rings. The summed E-state index contributed by atoms with van der Waals surface area (Å²) >= 11 is 0. The second kappa shape index (κ2) is 2.73. The van der Waals surface area contributed by atoms with Crippen molar-refractivity contribution in [3.05, 3.63) is 29.7 Å². The molecule has 1 aromatic rings. The highest BCUT2D eigenvalue weighted by Crippen LogP contribution is 2.26. The van der Waals surface area contributed by atoms with Crippen LogP contribution >= 0.6 is 0 Å². The highest BCUT2D eigenvalue weighted by molar-refractivity contribution is 5.54. The minimum absolute atomic E-state index is 0.138. The van der Waals surface area contributed by atoms with Crippen molar-refractivity contribution in [2.45, 2.75) is 6.42 Å². The highest BCUT2D eigenvalue weighted by atomic mass is 19.1. The van der Waals surface area contributed by atoms with Crippen LogP contribution in [0.5, 0.6) is 5.88 Å². The zero-order chi connectivity index (χ0) is 9.42. The Labute approximate surface area is 74.5 Å². The molecule has 0 spiro atoms. The molecule has 0 bridgehead atoms. The Bertz CT molecular complexity index is 376. The summed E-state index contributed by atoms with van der Waals surface area (Å²) in [6.07, 6.45) is 0.664. The number of pyridine rings is 1. The van der Waals surface area contributed by atoms with Gasteiger partial charge in [0.05, 0.1) is 6.61 Å². The molecule has 0 aromatic carbocycles. The fraction of sp³-hybridized carbons (Fsp3) is 0.222. The number of aliphatic hydroxyl groups is 1. The molecule has 2 rings (SSSR count). The number of hydrogen-bond acceptors (Lipinski definition) is 3. The monoisotopic (exact) mass is 181 g/mol. The average molecular weight is 181 g/mol. The summed E-state index contributed by atoms with van der Waals surface area (Å²) in [4.78, 5) is 3.81. The van der Waals surface area contributed by atoms with Gasteiger partial charge in [0.25, 0.3) is 0 Å². The number of halogens is 1. The van der Waals surface area contributed by atoms with Gasteiger partial charge in [0.1, 0.15) is 11.5 Å². The highest BCUT2D eigenvalue weighted by Gasteiger charge is 2.18. The molecule has 4 heteroatoms. The summed E-state index contributed by atoms with van der Waals surface area (Å²) in [5.41, 5.74) is 0.600. The summed E-state index contributed by atoms with van der Waals surface area (Å²) in [7, 11) is 0. The Hall–Kier alpha value is -1.58. The normalized spacial score (nSPS) is 13.6. The van der Waals surface area contributed by atoms with Crippen molar-refractivity contribution < 1.29 is 14.2 Å². The Morgan fingerprint density at radius 2 is 2.46 bits per heavy atom. The quantitative estimate of drug-likeness (QED) is 0.670. The second-order valence-electron chi connectivity index (χ2n) is 2.83. The molecule has 1 aromatic heterocycles. The molecule has 68 valence electrons. The molecular weight excluding hydrogens is 173 g/mol. The molecule has 0 saturated heterocycles. The molecule has 0 amide bonds. The second-order valence-corrected chi connectivity index (χ2v) is 2.83. The van der Waals surface area contributed by atoms with Crippen LogP contribution in [0.1, 0.15) is 11.3 Å². The van der Waals surface area contributed by atoms with Crippen molar-refractivity contribution in [2.75, 3.05) is 6.61 Å². The molecule has 0 radical (unpaired) electrons. The van der Waals surface area contributed by atoms with Gasteiger partial charge in [0.2, 0.25) is 5.88 Å². The summed E-state index contributed by atoms with van der Waals surface area (Å²) in [5.74, 6) is -0.542. The maximum absolute atomic E-state index is 13.2. The van der Waals surface area contributed by atoms with Crippen LogP contribution in [0.4, 0.5) is 4.39 Å². The molecule has 2 heterocycles. The van der Waals surface area contributed by atoms with Gasteiger partial charge in [-0.05, 0) is 6.07 Å². The van der Waals surface area contributed by atoms with Gasteiger partial charge in [-0.1, -0.05) is 6.58 Å².